The Morgan fingerprint density at radius 2 is 1.81 bits per heavy atom. The van der Waals surface area contributed by atoms with Gasteiger partial charge in [-0.1, -0.05) is 0 Å². The minimum Gasteiger partial charge on any atom is -0.492 e. The van der Waals surface area contributed by atoms with Gasteiger partial charge in [0.25, 0.3) is 0 Å². The molecule has 0 spiro atoms. The van der Waals surface area contributed by atoms with Gasteiger partial charge in [-0.15, -0.1) is 0 Å². The normalized spacial score (nSPS) is 15.2. The van der Waals surface area contributed by atoms with Crippen LogP contribution in [0.4, 0.5) is 17.5 Å². The van der Waals surface area contributed by atoms with Crippen molar-refractivity contribution in [2.75, 3.05) is 44.1 Å². The third kappa shape index (κ3) is 4.40. The van der Waals surface area contributed by atoms with Gasteiger partial charge in [0.05, 0.1) is 5.69 Å². The van der Waals surface area contributed by atoms with E-state index >= 15 is 0 Å². The molecule has 0 unspecified atom stereocenters. The van der Waals surface area contributed by atoms with Crippen molar-refractivity contribution in [2.45, 2.75) is 19.8 Å². The van der Waals surface area contributed by atoms with Crippen LogP contribution in [0.25, 0.3) is 11.3 Å². The summed E-state index contributed by atoms with van der Waals surface area (Å²) in [7, 11) is 0. The van der Waals surface area contributed by atoms with Crippen LogP contribution in [0.1, 0.15) is 18.4 Å². The second-order valence-electron chi connectivity index (χ2n) is 8.02. The van der Waals surface area contributed by atoms with Crippen LogP contribution in [-0.2, 0) is 0 Å². The molecule has 8 nitrogen and oxygen atoms in total. The molecule has 1 saturated heterocycles. The molecule has 0 saturated carbocycles. The van der Waals surface area contributed by atoms with Gasteiger partial charge < -0.3 is 25.3 Å². The Morgan fingerprint density at radius 3 is 2.62 bits per heavy atom. The van der Waals surface area contributed by atoms with Crippen molar-refractivity contribution in [1.82, 2.24) is 14.9 Å². The van der Waals surface area contributed by atoms with Crippen molar-refractivity contribution in [3.63, 3.8) is 0 Å². The van der Waals surface area contributed by atoms with Gasteiger partial charge in [0.1, 0.15) is 18.2 Å². The molecule has 32 heavy (non-hydrogen) atoms. The van der Waals surface area contributed by atoms with Crippen molar-refractivity contribution in [3.05, 3.63) is 48.0 Å². The summed E-state index contributed by atoms with van der Waals surface area (Å²) in [6, 6.07) is 13.5. The van der Waals surface area contributed by atoms with E-state index in [4.69, 9.17) is 24.9 Å². The Kier molecular flexibility index (Phi) is 5.68. The fourth-order valence-corrected chi connectivity index (χ4v) is 3.98. The van der Waals surface area contributed by atoms with E-state index in [1.165, 1.54) is 25.9 Å². The zero-order chi connectivity index (χ0) is 21.9. The molecular formula is C24H27N5O3. The van der Waals surface area contributed by atoms with Gasteiger partial charge in [-0.05, 0) is 75.3 Å². The molecule has 0 bridgehead atoms. The molecule has 8 heteroatoms. The van der Waals surface area contributed by atoms with Crippen LogP contribution in [0, 0.1) is 6.92 Å². The summed E-state index contributed by atoms with van der Waals surface area (Å²) in [5, 5.41) is 3.24. The number of nitrogen functional groups attached to an aromatic ring is 1. The number of rotatable bonds is 7. The molecule has 3 aromatic rings. The highest BCUT2D eigenvalue weighted by Gasteiger charge is 2.17. The number of fused-ring (bicyclic) bond motifs is 1. The molecule has 2 aliphatic heterocycles. The third-order valence-corrected chi connectivity index (χ3v) is 5.81. The highest BCUT2D eigenvalue weighted by Crippen LogP contribution is 2.37. The largest absolute Gasteiger partial charge is 0.492 e. The first-order valence-corrected chi connectivity index (χ1v) is 10.9. The number of likely N-dealkylation sites (tertiary alicyclic amines) is 1. The van der Waals surface area contributed by atoms with Crippen molar-refractivity contribution in [1.29, 1.82) is 0 Å². The summed E-state index contributed by atoms with van der Waals surface area (Å²) in [5.41, 5.74) is 9.50. The topological polar surface area (TPSA) is 94.8 Å². The van der Waals surface area contributed by atoms with E-state index in [0.29, 0.717) is 24.1 Å². The molecule has 0 amide bonds. The lowest BCUT2D eigenvalue weighted by molar-refractivity contribution is 0.174. The van der Waals surface area contributed by atoms with Crippen LogP contribution in [0.5, 0.6) is 17.2 Å². The second kappa shape index (κ2) is 8.92. The monoisotopic (exact) mass is 433 g/mol. The van der Waals surface area contributed by atoms with Gasteiger partial charge in [0.2, 0.25) is 12.7 Å². The Bertz CT molecular complexity index is 1100. The number of nitrogens with two attached hydrogens (primary N) is 1. The molecule has 0 radical (unpaired) electrons. The summed E-state index contributed by atoms with van der Waals surface area (Å²) >= 11 is 0. The molecule has 3 N–H and O–H groups in total. The smallest absolute Gasteiger partial charge is 0.231 e. The van der Waals surface area contributed by atoms with Crippen molar-refractivity contribution < 1.29 is 14.2 Å². The summed E-state index contributed by atoms with van der Waals surface area (Å²) < 4.78 is 16.8. The Balaban J connectivity index is 1.28. The average Bonchev–Trinajstić information content (AvgIpc) is 3.49. The van der Waals surface area contributed by atoms with Crippen LogP contribution in [0.2, 0.25) is 0 Å². The number of benzene rings is 2. The van der Waals surface area contributed by atoms with Crippen LogP contribution >= 0.6 is 0 Å². The highest BCUT2D eigenvalue weighted by molar-refractivity contribution is 5.72. The molecule has 1 fully saturated rings. The molecule has 3 heterocycles. The quantitative estimate of drug-likeness (QED) is 0.578. The van der Waals surface area contributed by atoms with Gasteiger partial charge in [0.15, 0.2) is 11.5 Å². The number of nitrogens with one attached hydrogen (secondary N) is 1. The standard InChI is InChI=1S/C24H27N5O3/c1-16-22(17-4-9-20-21(14-17)32-15-31-20)27-24(28-23(16)25)26-18-5-7-19(8-6-18)30-13-12-29-10-2-3-11-29/h4-9,14H,2-3,10-13,15H2,1H3,(H3,25,26,27,28). The van der Waals surface area contributed by atoms with Crippen LogP contribution in [0.15, 0.2) is 42.5 Å². The number of nitrogens with zero attached hydrogens (tertiary/aromatic N) is 3. The summed E-state index contributed by atoms with van der Waals surface area (Å²) in [5.74, 6) is 3.14. The third-order valence-electron chi connectivity index (χ3n) is 5.81. The lowest BCUT2D eigenvalue weighted by Gasteiger charge is -2.15. The van der Waals surface area contributed by atoms with E-state index in [9.17, 15) is 0 Å². The fraction of sp³-hybridized carbons (Fsp3) is 0.333. The summed E-state index contributed by atoms with van der Waals surface area (Å²) in [6.07, 6.45) is 2.59. The fourth-order valence-electron chi connectivity index (χ4n) is 3.98. The van der Waals surface area contributed by atoms with E-state index in [2.05, 4.69) is 15.2 Å². The molecular weight excluding hydrogens is 406 g/mol. The van der Waals surface area contributed by atoms with E-state index in [1.807, 2.05) is 49.4 Å². The van der Waals surface area contributed by atoms with E-state index in [-0.39, 0.29) is 6.79 Å². The van der Waals surface area contributed by atoms with E-state index in [0.717, 1.165) is 40.6 Å². The minimum atomic E-state index is 0.231. The lowest BCUT2D eigenvalue weighted by atomic mass is 10.1. The van der Waals surface area contributed by atoms with Crippen molar-refractivity contribution in [2.24, 2.45) is 0 Å². The predicted molar refractivity (Wildman–Crippen MR) is 124 cm³/mol. The number of aromatic nitrogens is 2. The van der Waals surface area contributed by atoms with Crippen LogP contribution in [-0.4, -0.2) is 47.9 Å². The van der Waals surface area contributed by atoms with Crippen LogP contribution in [0.3, 0.4) is 0 Å². The molecule has 0 aliphatic carbocycles. The maximum Gasteiger partial charge on any atom is 0.231 e. The van der Waals surface area contributed by atoms with E-state index < -0.39 is 0 Å². The number of hydrogen-bond donors (Lipinski definition) is 2. The van der Waals surface area contributed by atoms with Crippen molar-refractivity contribution >= 4 is 17.5 Å². The van der Waals surface area contributed by atoms with Crippen LogP contribution < -0.4 is 25.3 Å². The zero-order valence-corrected chi connectivity index (χ0v) is 18.1. The van der Waals surface area contributed by atoms with Gasteiger partial charge in [0, 0.05) is 23.4 Å². The zero-order valence-electron chi connectivity index (χ0n) is 18.1. The molecule has 2 aromatic carbocycles. The Morgan fingerprint density at radius 1 is 1.03 bits per heavy atom. The summed E-state index contributed by atoms with van der Waals surface area (Å²) in [4.78, 5) is 11.5. The lowest BCUT2D eigenvalue weighted by Crippen LogP contribution is -2.25. The first kappa shape index (κ1) is 20.4. The first-order chi connectivity index (χ1) is 15.7. The van der Waals surface area contributed by atoms with Gasteiger partial charge >= 0.3 is 0 Å². The number of hydrogen-bond acceptors (Lipinski definition) is 8. The SMILES string of the molecule is Cc1c(N)nc(Nc2ccc(OCCN3CCCC3)cc2)nc1-c1ccc2c(c1)OCO2. The molecule has 1 aromatic heterocycles. The molecule has 5 rings (SSSR count). The highest BCUT2D eigenvalue weighted by atomic mass is 16.7. The van der Waals surface area contributed by atoms with Gasteiger partial charge in [-0.2, -0.15) is 4.98 Å². The molecule has 2 aliphatic rings. The molecule has 0 atom stereocenters. The molecule has 166 valence electrons. The van der Waals surface area contributed by atoms with Gasteiger partial charge in [-0.25, -0.2) is 4.98 Å². The minimum absolute atomic E-state index is 0.231. The average molecular weight is 434 g/mol. The van der Waals surface area contributed by atoms with E-state index in [1.54, 1.807) is 0 Å². The van der Waals surface area contributed by atoms with Gasteiger partial charge in [-0.3, -0.25) is 4.90 Å². The number of ether oxygens (including phenoxy) is 3. The maximum absolute atomic E-state index is 6.18. The first-order valence-electron chi connectivity index (χ1n) is 10.9. The summed E-state index contributed by atoms with van der Waals surface area (Å²) in [6.45, 7) is 6.17. The van der Waals surface area contributed by atoms with Crippen molar-refractivity contribution in [3.8, 4) is 28.5 Å². The predicted octanol–water partition coefficient (Wildman–Crippen LogP) is 3.98. The maximum atomic E-state index is 6.18. The Hall–Kier alpha value is -3.52. The number of anilines is 3. The Labute approximate surface area is 187 Å². The second-order valence-corrected chi connectivity index (χ2v) is 8.02.